The molecule has 0 saturated heterocycles. The molecule has 0 spiro atoms. The van der Waals surface area contributed by atoms with E-state index in [1.807, 2.05) is 18.2 Å². The van der Waals surface area contributed by atoms with Crippen LogP contribution in [0.15, 0.2) is 30.3 Å². The molecule has 0 aliphatic heterocycles. The summed E-state index contributed by atoms with van der Waals surface area (Å²) in [6.45, 7) is 3.02. The van der Waals surface area contributed by atoms with Crippen molar-refractivity contribution >= 4 is 28.0 Å². The summed E-state index contributed by atoms with van der Waals surface area (Å²) in [5.74, 6) is 0. The van der Waals surface area contributed by atoms with Crippen molar-refractivity contribution in [3.63, 3.8) is 0 Å². The molecule has 74 valence electrons. The Morgan fingerprint density at radius 2 is 1.85 bits per heavy atom. The van der Waals surface area contributed by atoms with Crippen LogP contribution in [0.3, 0.4) is 0 Å². The first-order valence-electron chi connectivity index (χ1n) is 3.68. The van der Waals surface area contributed by atoms with E-state index < -0.39 is 28.0 Å². The summed E-state index contributed by atoms with van der Waals surface area (Å²) in [5.41, 5.74) is 0. The summed E-state index contributed by atoms with van der Waals surface area (Å²) in [7, 11) is -2.57. The van der Waals surface area contributed by atoms with Gasteiger partial charge in [0.15, 0.2) is 0 Å². The van der Waals surface area contributed by atoms with Gasteiger partial charge in [-0.1, -0.05) is 0 Å². The predicted molar refractivity (Wildman–Crippen MR) is 61.9 cm³/mol. The van der Waals surface area contributed by atoms with Gasteiger partial charge in [-0.15, -0.1) is 0 Å². The Balaban J connectivity index is 2.70. The maximum absolute atomic E-state index is 11.3. The molecule has 0 aliphatic carbocycles. The molecule has 0 aromatic heterocycles. The first-order valence-corrected chi connectivity index (χ1v) is 9.13. The molecule has 0 atom stereocenters. The average Bonchev–Trinajstić information content (AvgIpc) is 2.03. The minimum absolute atomic E-state index is 0.774. The van der Waals surface area contributed by atoms with Gasteiger partial charge in [-0.25, -0.2) is 0 Å². The zero-order valence-corrected chi connectivity index (χ0v) is 10.5. The van der Waals surface area contributed by atoms with Gasteiger partial charge < -0.3 is 0 Å². The van der Waals surface area contributed by atoms with Crippen LogP contribution in [0.5, 0.6) is 0 Å². The van der Waals surface area contributed by atoms with Gasteiger partial charge in [-0.2, -0.15) is 0 Å². The van der Waals surface area contributed by atoms with Gasteiger partial charge in [0.05, 0.1) is 0 Å². The Hall–Kier alpha value is 0.1000. The van der Waals surface area contributed by atoms with Gasteiger partial charge in [0.2, 0.25) is 0 Å². The van der Waals surface area contributed by atoms with E-state index in [4.69, 9.17) is 2.85 Å². The van der Waals surface area contributed by atoms with Crippen molar-refractivity contribution in [1.29, 1.82) is 0 Å². The van der Waals surface area contributed by atoms with E-state index >= 15 is 0 Å². The van der Waals surface area contributed by atoms with Crippen LogP contribution >= 0.6 is 28.0 Å². The Morgan fingerprint density at radius 3 is 2.31 bits per heavy atom. The molecule has 1 N–H and O–H groups in total. The Kier molecular flexibility index (Phi) is 3.91. The summed E-state index contributed by atoms with van der Waals surface area (Å²) in [5, 5.41) is 0. The number of halogens is 1. The standard InChI is InChI=1S/C8H12IO3P/c1-13(2,11)12-9(10)8-6-4-3-5-7-8/h3-7,10H,1-2H3. The normalized spacial score (nSPS) is 12.7. The molecule has 0 aliphatic rings. The van der Waals surface area contributed by atoms with Crippen molar-refractivity contribution in [1.82, 2.24) is 0 Å². The molecule has 0 unspecified atom stereocenters. The molecule has 0 heterocycles. The molecule has 0 radical (unpaired) electrons. The van der Waals surface area contributed by atoms with Gasteiger partial charge in [0.1, 0.15) is 0 Å². The topological polar surface area (TPSA) is 46.5 Å². The van der Waals surface area contributed by atoms with E-state index in [9.17, 15) is 8.00 Å². The number of rotatable bonds is 3. The van der Waals surface area contributed by atoms with E-state index in [-0.39, 0.29) is 0 Å². The van der Waals surface area contributed by atoms with Gasteiger partial charge in [0.25, 0.3) is 0 Å². The van der Waals surface area contributed by atoms with E-state index in [1.165, 1.54) is 13.3 Å². The average molecular weight is 314 g/mol. The van der Waals surface area contributed by atoms with Crippen LogP contribution in [-0.2, 0) is 7.42 Å². The zero-order valence-electron chi connectivity index (χ0n) is 7.48. The molecular weight excluding hydrogens is 302 g/mol. The molecule has 5 heteroatoms. The second-order valence-electron chi connectivity index (χ2n) is 2.85. The second kappa shape index (κ2) is 4.55. The maximum atomic E-state index is 11.3. The molecular formula is C8H12IO3P. The van der Waals surface area contributed by atoms with Crippen molar-refractivity contribution in [2.75, 3.05) is 13.3 Å². The third-order valence-electron chi connectivity index (χ3n) is 1.15. The van der Waals surface area contributed by atoms with Crippen LogP contribution in [-0.4, -0.2) is 16.8 Å². The first kappa shape index (κ1) is 11.2. The van der Waals surface area contributed by atoms with Crippen LogP contribution in [0, 0.1) is 3.57 Å². The third-order valence-corrected chi connectivity index (χ3v) is 7.36. The summed E-state index contributed by atoms with van der Waals surface area (Å²) in [6, 6.07) is 9.11. The minimum atomic E-state index is -2.62. The first-order chi connectivity index (χ1) is 5.99. The van der Waals surface area contributed by atoms with E-state index in [0.717, 1.165) is 3.57 Å². The monoisotopic (exact) mass is 314 g/mol. The Labute approximate surface area is 86.1 Å². The van der Waals surface area contributed by atoms with Crippen molar-refractivity contribution in [3.8, 4) is 0 Å². The van der Waals surface area contributed by atoms with Gasteiger partial charge in [-0.3, -0.25) is 0 Å². The molecule has 0 amide bonds. The fourth-order valence-corrected chi connectivity index (χ4v) is 5.52. The van der Waals surface area contributed by atoms with Gasteiger partial charge in [-0.05, 0) is 0 Å². The SMILES string of the molecule is CP(C)(=O)OI(O)c1ccccc1. The molecule has 3 nitrogen and oxygen atoms in total. The summed E-state index contributed by atoms with van der Waals surface area (Å²) < 4.78 is 26.7. The summed E-state index contributed by atoms with van der Waals surface area (Å²) >= 11 is -2.62. The van der Waals surface area contributed by atoms with Crippen LogP contribution in [0.2, 0.25) is 0 Å². The quantitative estimate of drug-likeness (QED) is 0.689. The van der Waals surface area contributed by atoms with Crippen LogP contribution < -0.4 is 0 Å². The van der Waals surface area contributed by atoms with Crippen molar-refractivity contribution in [3.05, 3.63) is 33.9 Å². The van der Waals surface area contributed by atoms with Crippen molar-refractivity contribution in [2.45, 2.75) is 0 Å². The van der Waals surface area contributed by atoms with E-state index in [1.54, 1.807) is 12.1 Å². The van der Waals surface area contributed by atoms with E-state index in [0.29, 0.717) is 0 Å². The van der Waals surface area contributed by atoms with Crippen LogP contribution in [0.1, 0.15) is 0 Å². The van der Waals surface area contributed by atoms with Crippen molar-refractivity contribution < 1.29 is 10.9 Å². The Bertz CT molecular complexity index is 308. The fraction of sp³-hybridized carbons (Fsp3) is 0.250. The molecule has 13 heavy (non-hydrogen) atoms. The third kappa shape index (κ3) is 4.22. The Morgan fingerprint density at radius 1 is 1.31 bits per heavy atom. The van der Waals surface area contributed by atoms with E-state index in [2.05, 4.69) is 0 Å². The molecule has 0 fully saturated rings. The molecule has 0 bridgehead atoms. The summed E-state index contributed by atoms with van der Waals surface area (Å²) in [6.07, 6.45) is 0. The zero-order chi connectivity index (χ0) is 9.90. The van der Waals surface area contributed by atoms with Crippen LogP contribution in [0.4, 0.5) is 0 Å². The fourth-order valence-electron chi connectivity index (χ4n) is 0.720. The number of hydrogen-bond acceptors (Lipinski definition) is 3. The van der Waals surface area contributed by atoms with Gasteiger partial charge in [0, 0.05) is 0 Å². The summed E-state index contributed by atoms with van der Waals surface area (Å²) in [4.78, 5) is 0. The molecule has 0 saturated carbocycles. The molecule has 1 aromatic rings. The predicted octanol–water partition coefficient (Wildman–Crippen LogP) is 2.74. The molecule has 1 aromatic carbocycles. The van der Waals surface area contributed by atoms with Crippen LogP contribution in [0.25, 0.3) is 0 Å². The second-order valence-corrected chi connectivity index (χ2v) is 9.23. The number of benzene rings is 1. The molecule has 1 rings (SSSR count). The van der Waals surface area contributed by atoms with Crippen molar-refractivity contribution in [2.24, 2.45) is 0 Å². The number of hydrogen-bond donors (Lipinski definition) is 1. The van der Waals surface area contributed by atoms with Gasteiger partial charge >= 0.3 is 86.1 Å².